The molecule has 5 rings (SSSR count). The number of hydrazone groups is 1. The SMILES string of the molecule is COc1ccc([C@H]2N=c3ccc(Br)cc3=C3C(=O)NC(SC)=NN32)c2ccccc12. The normalized spacial score (nSPS) is 17.6. The van der Waals surface area contributed by atoms with Gasteiger partial charge in [0.2, 0.25) is 0 Å². The number of carbonyl (C=O) groups excluding carboxylic acids is 1. The second-order valence-electron chi connectivity index (χ2n) is 6.82. The van der Waals surface area contributed by atoms with E-state index in [1.165, 1.54) is 11.8 Å². The molecule has 0 aromatic heterocycles. The van der Waals surface area contributed by atoms with E-state index in [1.807, 2.05) is 60.9 Å². The van der Waals surface area contributed by atoms with Crippen molar-refractivity contribution in [2.24, 2.45) is 10.1 Å². The number of amides is 1. The minimum Gasteiger partial charge on any atom is -0.496 e. The lowest BCUT2D eigenvalue weighted by molar-refractivity contribution is -0.116. The van der Waals surface area contributed by atoms with Gasteiger partial charge in [-0.25, -0.2) is 5.01 Å². The fourth-order valence-corrected chi connectivity index (χ4v) is 4.57. The molecule has 0 fully saturated rings. The van der Waals surface area contributed by atoms with Crippen LogP contribution >= 0.6 is 27.7 Å². The van der Waals surface area contributed by atoms with E-state index in [1.54, 1.807) is 12.1 Å². The molecule has 6 nitrogen and oxygen atoms in total. The summed E-state index contributed by atoms with van der Waals surface area (Å²) >= 11 is 4.89. The van der Waals surface area contributed by atoms with E-state index in [0.717, 1.165) is 37.1 Å². The van der Waals surface area contributed by atoms with Crippen molar-refractivity contribution in [1.82, 2.24) is 10.3 Å². The third-order valence-electron chi connectivity index (χ3n) is 5.18. The van der Waals surface area contributed by atoms with Gasteiger partial charge in [0, 0.05) is 20.6 Å². The van der Waals surface area contributed by atoms with Gasteiger partial charge in [-0.2, -0.15) is 0 Å². The number of rotatable bonds is 2. The van der Waals surface area contributed by atoms with Gasteiger partial charge in [0.25, 0.3) is 5.91 Å². The number of halogens is 1. The van der Waals surface area contributed by atoms with Crippen LogP contribution in [0.2, 0.25) is 0 Å². The van der Waals surface area contributed by atoms with E-state index in [-0.39, 0.29) is 5.91 Å². The van der Waals surface area contributed by atoms with Crippen LogP contribution in [0, 0.1) is 0 Å². The number of thioether (sulfide) groups is 1. The van der Waals surface area contributed by atoms with Crippen LogP contribution < -0.4 is 20.6 Å². The Kier molecular flexibility index (Phi) is 4.75. The third-order valence-corrected chi connectivity index (χ3v) is 6.24. The Labute approximate surface area is 185 Å². The molecule has 0 spiro atoms. The van der Waals surface area contributed by atoms with Crippen LogP contribution in [0.5, 0.6) is 5.75 Å². The number of hydrogen-bond donors (Lipinski definition) is 1. The molecule has 0 unspecified atom stereocenters. The van der Waals surface area contributed by atoms with Gasteiger partial charge in [0.05, 0.1) is 12.5 Å². The molecule has 1 amide bonds. The predicted octanol–water partition coefficient (Wildman–Crippen LogP) is 3.12. The topological polar surface area (TPSA) is 66.3 Å². The highest BCUT2D eigenvalue weighted by atomic mass is 79.9. The first kappa shape index (κ1) is 19.1. The molecular weight excluding hydrogens is 464 g/mol. The molecular formula is C22H17BrN4O2S. The van der Waals surface area contributed by atoms with Gasteiger partial charge >= 0.3 is 0 Å². The quantitative estimate of drug-likeness (QED) is 0.611. The molecule has 0 aliphatic carbocycles. The number of nitrogens with zero attached hydrogens (tertiary/aromatic N) is 3. The van der Waals surface area contributed by atoms with Gasteiger partial charge in [-0.15, -0.1) is 5.10 Å². The summed E-state index contributed by atoms with van der Waals surface area (Å²) in [6.45, 7) is 0. The largest absolute Gasteiger partial charge is 0.496 e. The molecule has 1 N–H and O–H groups in total. The molecule has 2 aliphatic rings. The fourth-order valence-electron chi connectivity index (χ4n) is 3.84. The zero-order valence-electron chi connectivity index (χ0n) is 16.2. The first-order valence-corrected chi connectivity index (χ1v) is 11.3. The molecule has 2 aliphatic heterocycles. The van der Waals surface area contributed by atoms with E-state index >= 15 is 0 Å². The molecule has 8 heteroatoms. The van der Waals surface area contributed by atoms with E-state index < -0.39 is 6.17 Å². The maximum Gasteiger partial charge on any atom is 0.276 e. The van der Waals surface area contributed by atoms with Gasteiger partial charge < -0.3 is 4.74 Å². The standard InChI is InChI=1S/C22H17BrN4O2S/c1-29-18-10-8-15(13-5-3-4-6-14(13)18)20-24-17-9-7-12(23)11-16(17)19-21(28)25-22(30-2)26-27(19)20/h3-11,20H,1-2H3,(H,25,26,28)/t20-/m0/s1. The summed E-state index contributed by atoms with van der Waals surface area (Å²) < 4.78 is 6.43. The Morgan fingerprint density at radius 3 is 2.70 bits per heavy atom. The average molecular weight is 481 g/mol. The monoisotopic (exact) mass is 480 g/mol. The summed E-state index contributed by atoms with van der Waals surface area (Å²) in [5, 5.41) is 13.4. The Morgan fingerprint density at radius 2 is 1.93 bits per heavy atom. The Bertz CT molecular complexity index is 1350. The van der Waals surface area contributed by atoms with Crippen molar-refractivity contribution in [2.75, 3.05) is 13.4 Å². The van der Waals surface area contributed by atoms with Crippen molar-refractivity contribution >= 4 is 55.2 Å². The van der Waals surface area contributed by atoms with Crippen LogP contribution in [-0.2, 0) is 4.79 Å². The Morgan fingerprint density at radius 1 is 1.13 bits per heavy atom. The summed E-state index contributed by atoms with van der Waals surface area (Å²) in [4.78, 5) is 18.0. The van der Waals surface area contributed by atoms with Crippen molar-refractivity contribution < 1.29 is 9.53 Å². The number of fused-ring (bicyclic) bond motifs is 3. The third kappa shape index (κ3) is 2.98. The number of carbonyl (C=O) groups is 1. The molecule has 150 valence electrons. The van der Waals surface area contributed by atoms with Crippen molar-refractivity contribution in [2.45, 2.75) is 6.17 Å². The molecule has 3 aromatic rings. The minimum absolute atomic E-state index is 0.189. The number of nitrogens with one attached hydrogen (secondary N) is 1. The van der Waals surface area contributed by atoms with Crippen LogP contribution in [0.1, 0.15) is 11.7 Å². The van der Waals surface area contributed by atoms with Crippen molar-refractivity contribution in [1.29, 1.82) is 0 Å². The number of hydrogen-bond acceptors (Lipinski definition) is 6. The Hall–Kier alpha value is -2.84. The van der Waals surface area contributed by atoms with Gasteiger partial charge in [-0.3, -0.25) is 15.1 Å². The van der Waals surface area contributed by atoms with Crippen molar-refractivity contribution in [3.8, 4) is 5.75 Å². The molecule has 30 heavy (non-hydrogen) atoms. The predicted molar refractivity (Wildman–Crippen MR) is 123 cm³/mol. The van der Waals surface area contributed by atoms with Gasteiger partial charge in [-0.1, -0.05) is 58.0 Å². The summed E-state index contributed by atoms with van der Waals surface area (Å²) in [6.07, 6.45) is 1.41. The molecule has 3 aromatic carbocycles. The number of benzene rings is 3. The van der Waals surface area contributed by atoms with Gasteiger partial charge in [0.15, 0.2) is 11.3 Å². The molecule has 1 atom stereocenters. The molecule has 0 saturated carbocycles. The smallest absolute Gasteiger partial charge is 0.276 e. The summed E-state index contributed by atoms with van der Waals surface area (Å²) in [7, 11) is 1.66. The maximum absolute atomic E-state index is 13.1. The fraction of sp³-hybridized carbons (Fsp3) is 0.136. The lowest BCUT2D eigenvalue weighted by Gasteiger charge is -2.34. The number of methoxy groups -OCH3 is 1. The van der Waals surface area contributed by atoms with E-state index in [9.17, 15) is 4.79 Å². The zero-order chi connectivity index (χ0) is 20.8. The highest BCUT2D eigenvalue weighted by molar-refractivity contribution is 9.10. The molecule has 0 saturated heterocycles. The highest BCUT2D eigenvalue weighted by Crippen LogP contribution is 2.37. The minimum atomic E-state index is -0.474. The zero-order valence-corrected chi connectivity index (χ0v) is 18.6. The molecule has 0 radical (unpaired) electrons. The van der Waals surface area contributed by atoms with E-state index in [2.05, 4.69) is 21.2 Å². The van der Waals surface area contributed by atoms with Crippen molar-refractivity contribution in [3.05, 3.63) is 75.2 Å². The van der Waals surface area contributed by atoms with Crippen LogP contribution in [0.25, 0.3) is 16.5 Å². The van der Waals surface area contributed by atoms with Gasteiger partial charge in [-0.05, 0) is 35.9 Å². The number of ether oxygens (including phenoxy) is 1. The van der Waals surface area contributed by atoms with Crippen molar-refractivity contribution in [3.63, 3.8) is 0 Å². The van der Waals surface area contributed by atoms with E-state index in [4.69, 9.17) is 14.8 Å². The lowest BCUT2D eigenvalue weighted by atomic mass is 10.00. The lowest BCUT2D eigenvalue weighted by Crippen LogP contribution is -2.50. The molecule has 0 bridgehead atoms. The van der Waals surface area contributed by atoms with E-state index in [0.29, 0.717) is 10.9 Å². The first-order valence-electron chi connectivity index (χ1n) is 9.27. The summed E-state index contributed by atoms with van der Waals surface area (Å²) in [5.41, 5.74) is 1.44. The summed E-state index contributed by atoms with van der Waals surface area (Å²) in [6, 6.07) is 17.7. The second-order valence-corrected chi connectivity index (χ2v) is 8.53. The Balaban J connectivity index is 1.83. The van der Waals surface area contributed by atoms with Crippen LogP contribution in [-0.4, -0.2) is 29.4 Å². The van der Waals surface area contributed by atoms with Crippen LogP contribution in [0.15, 0.2) is 69.2 Å². The maximum atomic E-state index is 13.1. The summed E-state index contributed by atoms with van der Waals surface area (Å²) in [5.74, 6) is 0.606. The molecule has 2 heterocycles. The van der Waals surface area contributed by atoms with Crippen LogP contribution in [0.3, 0.4) is 0 Å². The second kappa shape index (κ2) is 7.45. The van der Waals surface area contributed by atoms with Gasteiger partial charge in [0.1, 0.15) is 11.4 Å². The highest BCUT2D eigenvalue weighted by Gasteiger charge is 2.35. The average Bonchev–Trinajstić information content (AvgIpc) is 2.77. The van der Waals surface area contributed by atoms with Crippen LogP contribution in [0.4, 0.5) is 0 Å². The first-order chi connectivity index (χ1) is 14.6. The number of amidine groups is 1.